The number of carbonyl (C=O) groups is 1. The van der Waals surface area contributed by atoms with E-state index in [4.69, 9.17) is 14.7 Å². The summed E-state index contributed by atoms with van der Waals surface area (Å²) in [5.74, 6) is 0.384. The van der Waals surface area contributed by atoms with E-state index in [0.29, 0.717) is 11.5 Å². The first kappa shape index (κ1) is 15.4. The molecule has 0 aliphatic heterocycles. The first-order valence-corrected chi connectivity index (χ1v) is 6.75. The van der Waals surface area contributed by atoms with Crippen LogP contribution in [0.5, 0.6) is 0 Å². The Morgan fingerprint density at radius 2 is 2.05 bits per heavy atom. The van der Waals surface area contributed by atoms with Gasteiger partial charge in [-0.3, -0.25) is 0 Å². The fourth-order valence-electron chi connectivity index (χ4n) is 1.82. The third kappa shape index (κ3) is 3.77. The summed E-state index contributed by atoms with van der Waals surface area (Å²) in [5, 5.41) is 3.34. The van der Waals surface area contributed by atoms with E-state index in [2.05, 4.69) is 10.0 Å². The molecule has 2 rings (SSSR count). The zero-order valence-electron chi connectivity index (χ0n) is 12.3. The van der Waals surface area contributed by atoms with E-state index >= 15 is 0 Å². The molecule has 1 heterocycles. The second-order valence-electron chi connectivity index (χ2n) is 4.51. The molecule has 1 aromatic carbocycles. The Morgan fingerprint density at radius 3 is 2.68 bits per heavy atom. The highest BCUT2D eigenvalue weighted by Crippen LogP contribution is 2.24. The summed E-state index contributed by atoms with van der Waals surface area (Å²) in [7, 11) is 0. The normalized spacial score (nSPS) is 10.9. The standard InChI is InChI=1S/C16H15N3O3/c1-3-21-16(20)14(18-19-17)10-13-8-9-15(22-13)12-6-4-11(2)5-7-12/h4-10H,3H2,1-2H3. The molecule has 0 aliphatic rings. The molecule has 0 unspecified atom stereocenters. The first-order valence-electron chi connectivity index (χ1n) is 6.75. The van der Waals surface area contributed by atoms with Crippen LogP contribution in [0.25, 0.3) is 27.8 Å². The van der Waals surface area contributed by atoms with E-state index in [1.54, 1.807) is 19.1 Å². The van der Waals surface area contributed by atoms with Gasteiger partial charge in [-0.25, -0.2) is 4.79 Å². The highest BCUT2D eigenvalue weighted by Gasteiger charge is 2.10. The van der Waals surface area contributed by atoms with Gasteiger partial charge in [0, 0.05) is 10.5 Å². The number of nitrogens with zero attached hydrogens (tertiary/aromatic N) is 3. The molecule has 2 aromatic rings. The van der Waals surface area contributed by atoms with Crippen LogP contribution in [0.2, 0.25) is 0 Å². The van der Waals surface area contributed by atoms with Crippen molar-refractivity contribution in [2.24, 2.45) is 5.11 Å². The number of carbonyl (C=O) groups excluding carboxylic acids is 1. The SMILES string of the molecule is CCOC(=O)C(=Cc1ccc(-c2ccc(C)cc2)o1)N=[N+]=[N-]. The second-order valence-corrected chi connectivity index (χ2v) is 4.51. The summed E-state index contributed by atoms with van der Waals surface area (Å²) < 4.78 is 10.5. The van der Waals surface area contributed by atoms with E-state index in [1.165, 1.54) is 6.08 Å². The predicted molar refractivity (Wildman–Crippen MR) is 82.6 cm³/mol. The van der Waals surface area contributed by atoms with Crippen LogP contribution in [-0.4, -0.2) is 12.6 Å². The Kier molecular flexibility index (Phi) is 5.01. The zero-order chi connectivity index (χ0) is 15.9. The number of esters is 1. The van der Waals surface area contributed by atoms with Crippen molar-refractivity contribution in [2.45, 2.75) is 13.8 Å². The van der Waals surface area contributed by atoms with Crippen LogP contribution in [0.4, 0.5) is 0 Å². The molecule has 1 aromatic heterocycles. The lowest BCUT2D eigenvalue weighted by molar-refractivity contribution is -0.138. The van der Waals surface area contributed by atoms with Gasteiger partial charge in [-0.15, -0.1) is 0 Å². The lowest BCUT2D eigenvalue weighted by atomic mass is 10.1. The Hall–Kier alpha value is -2.98. The zero-order valence-corrected chi connectivity index (χ0v) is 12.3. The third-order valence-corrected chi connectivity index (χ3v) is 2.88. The van der Waals surface area contributed by atoms with Crippen molar-refractivity contribution in [1.82, 2.24) is 0 Å². The molecule has 0 aliphatic carbocycles. The van der Waals surface area contributed by atoms with Crippen LogP contribution >= 0.6 is 0 Å². The average molecular weight is 297 g/mol. The molecule has 0 N–H and O–H groups in total. The van der Waals surface area contributed by atoms with Crippen molar-refractivity contribution in [3.05, 3.63) is 63.9 Å². The molecule has 22 heavy (non-hydrogen) atoms. The maximum Gasteiger partial charge on any atom is 0.340 e. The highest BCUT2D eigenvalue weighted by molar-refractivity contribution is 5.92. The number of aryl methyl sites for hydroxylation is 1. The van der Waals surface area contributed by atoms with Crippen LogP contribution in [0.3, 0.4) is 0 Å². The predicted octanol–water partition coefficient (Wildman–Crippen LogP) is 4.47. The van der Waals surface area contributed by atoms with Gasteiger partial charge in [0.25, 0.3) is 0 Å². The lowest BCUT2D eigenvalue weighted by Gasteiger charge is -2.00. The van der Waals surface area contributed by atoms with Gasteiger partial charge >= 0.3 is 5.97 Å². The molecule has 0 fully saturated rings. The number of furan rings is 1. The molecule has 0 atom stereocenters. The minimum absolute atomic E-state index is 0.144. The van der Waals surface area contributed by atoms with Crippen molar-refractivity contribution in [1.29, 1.82) is 0 Å². The van der Waals surface area contributed by atoms with E-state index in [-0.39, 0.29) is 12.3 Å². The Bertz CT molecular complexity index is 738. The summed E-state index contributed by atoms with van der Waals surface area (Å²) in [5.41, 5.74) is 10.5. The van der Waals surface area contributed by atoms with Crippen LogP contribution < -0.4 is 0 Å². The maximum absolute atomic E-state index is 11.7. The fourth-order valence-corrected chi connectivity index (χ4v) is 1.82. The fraction of sp³-hybridized carbons (Fsp3) is 0.188. The topological polar surface area (TPSA) is 88.2 Å². The molecular formula is C16H15N3O3. The molecule has 6 nitrogen and oxygen atoms in total. The molecule has 112 valence electrons. The van der Waals surface area contributed by atoms with E-state index in [9.17, 15) is 4.79 Å². The smallest absolute Gasteiger partial charge is 0.340 e. The van der Waals surface area contributed by atoms with Crippen molar-refractivity contribution >= 4 is 12.0 Å². The second kappa shape index (κ2) is 7.15. The number of ether oxygens (including phenoxy) is 1. The Morgan fingerprint density at radius 1 is 1.32 bits per heavy atom. The molecule has 0 bridgehead atoms. The Labute approximate surface area is 127 Å². The highest BCUT2D eigenvalue weighted by atomic mass is 16.5. The van der Waals surface area contributed by atoms with Gasteiger partial charge in [-0.05, 0) is 37.6 Å². The number of rotatable bonds is 5. The monoisotopic (exact) mass is 297 g/mol. The molecular weight excluding hydrogens is 282 g/mol. The van der Waals surface area contributed by atoms with Gasteiger partial charge in [0.05, 0.1) is 6.61 Å². The van der Waals surface area contributed by atoms with Gasteiger partial charge < -0.3 is 9.15 Å². The van der Waals surface area contributed by atoms with Crippen molar-refractivity contribution in [2.75, 3.05) is 6.61 Å². The maximum atomic E-state index is 11.7. The summed E-state index contributed by atoms with van der Waals surface area (Å²) in [4.78, 5) is 14.3. The van der Waals surface area contributed by atoms with E-state index in [1.807, 2.05) is 31.2 Å². The van der Waals surface area contributed by atoms with Crippen molar-refractivity contribution in [3.8, 4) is 11.3 Å². The van der Waals surface area contributed by atoms with Crippen LogP contribution in [0.15, 0.2) is 51.6 Å². The number of hydrogen-bond donors (Lipinski definition) is 0. The van der Waals surface area contributed by atoms with Crippen LogP contribution in [-0.2, 0) is 9.53 Å². The van der Waals surface area contributed by atoms with Gasteiger partial charge in [0.2, 0.25) is 0 Å². The van der Waals surface area contributed by atoms with Crippen molar-refractivity contribution in [3.63, 3.8) is 0 Å². The molecule has 0 radical (unpaired) electrons. The summed E-state index contributed by atoms with van der Waals surface area (Å²) >= 11 is 0. The molecule has 6 heteroatoms. The van der Waals surface area contributed by atoms with Gasteiger partial charge in [0.1, 0.15) is 17.2 Å². The lowest BCUT2D eigenvalue weighted by Crippen LogP contribution is -2.05. The minimum Gasteiger partial charge on any atom is -0.462 e. The molecule has 0 saturated carbocycles. The van der Waals surface area contributed by atoms with Crippen molar-refractivity contribution < 1.29 is 13.9 Å². The molecule has 0 saturated heterocycles. The third-order valence-electron chi connectivity index (χ3n) is 2.88. The average Bonchev–Trinajstić information content (AvgIpc) is 2.96. The van der Waals surface area contributed by atoms with E-state index in [0.717, 1.165) is 11.1 Å². The van der Waals surface area contributed by atoms with Crippen LogP contribution in [0, 0.1) is 6.92 Å². The largest absolute Gasteiger partial charge is 0.462 e. The van der Waals surface area contributed by atoms with Crippen LogP contribution in [0.1, 0.15) is 18.2 Å². The van der Waals surface area contributed by atoms with Gasteiger partial charge in [-0.2, -0.15) is 0 Å². The van der Waals surface area contributed by atoms with Gasteiger partial charge in [-0.1, -0.05) is 34.9 Å². The summed E-state index contributed by atoms with van der Waals surface area (Å²) in [6.45, 7) is 3.88. The quantitative estimate of drug-likeness (QED) is 0.268. The number of azide groups is 1. The van der Waals surface area contributed by atoms with Gasteiger partial charge in [0.15, 0.2) is 0 Å². The number of hydrogen-bond acceptors (Lipinski definition) is 4. The number of benzene rings is 1. The summed E-state index contributed by atoms with van der Waals surface area (Å²) in [6.07, 6.45) is 1.36. The first-order chi connectivity index (χ1) is 10.6. The Balaban J connectivity index is 2.29. The van der Waals surface area contributed by atoms with E-state index < -0.39 is 5.97 Å². The minimum atomic E-state index is -0.686. The molecule has 0 spiro atoms. The molecule has 0 amide bonds. The summed E-state index contributed by atoms with van der Waals surface area (Å²) in [6, 6.07) is 11.3.